The van der Waals surface area contributed by atoms with Gasteiger partial charge in [0, 0.05) is 6.42 Å². The van der Waals surface area contributed by atoms with Crippen molar-refractivity contribution in [3.05, 3.63) is 35.9 Å². The second-order valence-corrected chi connectivity index (χ2v) is 12.6. The van der Waals surface area contributed by atoms with E-state index in [0.29, 0.717) is 6.61 Å². The summed E-state index contributed by atoms with van der Waals surface area (Å²) in [6.07, 6.45) is 1.44. The maximum Gasteiger partial charge on any atom is 0.309 e. The normalized spacial score (nSPS) is 22.7. The Labute approximate surface area is 135 Å². The maximum absolute atomic E-state index is 12.0. The van der Waals surface area contributed by atoms with Crippen LogP contribution in [0.1, 0.15) is 32.8 Å². The number of rotatable bonds is 5. The van der Waals surface area contributed by atoms with Crippen molar-refractivity contribution in [1.29, 1.82) is 0 Å². The lowest BCUT2D eigenvalue weighted by molar-refractivity contribution is -0.145. The molecule has 0 spiro atoms. The molecule has 3 nitrogen and oxygen atoms in total. The molecule has 2 atom stereocenters. The molecule has 1 heterocycles. The summed E-state index contributed by atoms with van der Waals surface area (Å²) < 4.78 is 11.7. The molecule has 1 saturated heterocycles. The molecule has 1 aliphatic rings. The minimum Gasteiger partial charge on any atom is -0.460 e. The van der Waals surface area contributed by atoms with E-state index in [4.69, 9.17) is 9.16 Å². The van der Waals surface area contributed by atoms with Crippen LogP contribution < -0.4 is 0 Å². The highest BCUT2D eigenvalue weighted by Gasteiger charge is 2.40. The highest BCUT2D eigenvalue weighted by molar-refractivity contribution is 6.74. The van der Waals surface area contributed by atoms with Gasteiger partial charge < -0.3 is 9.16 Å². The van der Waals surface area contributed by atoms with Gasteiger partial charge >= 0.3 is 5.97 Å². The van der Waals surface area contributed by atoms with Gasteiger partial charge in [-0.15, -0.1) is 0 Å². The summed E-state index contributed by atoms with van der Waals surface area (Å²) in [4.78, 5) is 12.0. The van der Waals surface area contributed by atoms with Crippen LogP contribution in [0.5, 0.6) is 0 Å². The smallest absolute Gasteiger partial charge is 0.309 e. The molecule has 0 bridgehead atoms. The predicted octanol–water partition coefficient (Wildman–Crippen LogP) is 4.18. The van der Waals surface area contributed by atoms with Gasteiger partial charge in [-0.1, -0.05) is 51.1 Å². The van der Waals surface area contributed by atoms with Crippen LogP contribution >= 0.6 is 0 Å². The summed E-state index contributed by atoms with van der Waals surface area (Å²) in [6, 6.07) is 10.1. The molecule has 1 fully saturated rings. The van der Waals surface area contributed by atoms with Crippen LogP contribution in [0.2, 0.25) is 18.1 Å². The predicted molar refractivity (Wildman–Crippen MR) is 91.3 cm³/mol. The summed E-state index contributed by atoms with van der Waals surface area (Å²) in [7, 11) is -1.78. The summed E-state index contributed by atoms with van der Waals surface area (Å²) in [5.41, 5.74) is 1.19. The largest absolute Gasteiger partial charge is 0.460 e. The van der Waals surface area contributed by atoms with E-state index in [9.17, 15) is 4.79 Å². The summed E-state index contributed by atoms with van der Waals surface area (Å²) in [5, 5.41) is 0.180. The van der Waals surface area contributed by atoms with Gasteiger partial charge in [0.2, 0.25) is 0 Å². The zero-order valence-corrected chi connectivity index (χ0v) is 15.4. The third kappa shape index (κ3) is 4.20. The Morgan fingerprint density at radius 1 is 1.23 bits per heavy atom. The molecule has 0 aromatic heterocycles. The quantitative estimate of drug-likeness (QED) is 0.603. The summed E-state index contributed by atoms with van der Waals surface area (Å²) >= 11 is 0. The van der Waals surface area contributed by atoms with Crippen molar-refractivity contribution in [2.45, 2.75) is 57.8 Å². The van der Waals surface area contributed by atoms with E-state index in [1.54, 1.807) is 0 Å². The first-order valence-electron chi connectivity index (χ1n) is 8.07. The second-order valence-electron chi connectivity index (χ2n) is 7.75. The monoisotopic (exact) mass is 320 g/mol. The van der Waals surface area contributed by atoms with E-state index in [2.05, 4.69) is 46.0 Å². The van der Waals surface area contributed by atoms with E-state index >= 15 is 0 Å². The zero-order valence-electron chi connectivity index (χ0n) is 14.4. The first kappa shape index (κ1) is 17.2. The van der Waals surface area contributed by atoms with Crippen molar-refractivity contribution in [2.75, 3.05) is 6.61 Å². The molecule has 1 aromatic rings. The van der Waals surface area contributed by atoms with E-state index < -0.39 is 8.32 Å². The van der Waals surface area contributed by atoms with Gasteiger partial charge in [-0.2, -0.15) is 0 Å². The van der Waals surface area contributed by atoms with Crippen molar-refractivity contribution in [1.82, 2.24) is 0 Å². The molecule has 1 aliphatic heterocycles. The lowest BCUT2D eigenvalue weighted by Gasteiger charge is -2.36. The van der Waals surface area contributed by atoms with Gasteiger partial charge in [0.25, 0.3) is 0 Å². The fourth-order valence-corrected chi connectivity index (χ4v) is 3.44. The highest BCUT2D eigenvalue weighted by Crippen LogP contribution is 2.37. The second kappa shape index (κ2) is 6.55. The molecular formula is C18H28O3Si. The number of hydrogen-bond donors (Lipinski definition) is 0. The lowest BCUT2D eigenvalue weighted by Crippen LogP contribution is -2.42. The number of hydrogen-bond acceptors (Lipinski definition) is 3. The molecule has 122 valence electrons. The molecule has 0 N–H and O–H groups in total. The SMILES string of the molecule is CC(C)(C)[Si](C)(C)OC[C@@H]1C[C@@H](Cc2ccccc2)C(=O)O1. The molecule has 0 radical (unpaired) electrons. The van der Waals surface area contributed by atoms with Crippen LogP contribution in [0.3, 0.4) is 0 Å². The number of ether oxygens (including phenoxy) is 1. The Bertz CT molecular complexity index is 505. The van der Waals surface area contributed by atoms with Crippen LogP contribution in [-0.2, 0) is 20.4 Å². The van der Waals surface area contributed by atoms with Crippen LogP contribution in [0.4, 0.5) is 0 Å². The zero-order chi connectivity index (χ0) is 16.4. The molecular weight excluding hydrogens is 292 g/mol. The molecule has 4 heteroatoms. The first-order valence-corrected chi connectivity index (χ1v) is 11.0. The van der Waals surface area contributed by atoms with Crippen LogP contribution in [0.25, 0.3) is 0 Å². The van der Waals surface area contributed by atoms with Crippen molar-refractivity contribution in [3.63, 3.8) is 0 Å². The van der Waals surface area contributed by atoms with E-state index in [1.165, 1.54) is 5.56 Å². The molecule has 0 saturated carbocycles. The van der Waals surface area contributed by atoms with E-state index in [0.717, 1.165) is 12.8 Å². The minimum absolute atomic E-state index is 0.0320. The summed E-state index contributed by atoms with van der Waals surface area (Å²) in [6.45, 7) is 11.7. The Balaban J connectivity index is 1.87. The van der Waals surface area contributed by atoms with Gasteiger partial charge in [0.1, 0.15) is 6.10 Å². The van der Waals surface area contributed by atoms with Gasteiger partial charge in [-0.3, -0.25) is 4.79 Å². The first-order chi connectivity index (χ1) is 10.2. The van der Waals surface area contributed by atoms with Crippen molar-refractivity contribution in [3.8, 4) is 0 Å². The number of carbonyl (C=O) groups is 1. The van der Waals surface area contributed by atoms with Crippen LogP contribution in [0, 0.1) is 5.92 Å². The van der Waals surface area contributed by atoms with Gasteiger partial charge in [0.15, 0.2) is 8.32 Å². The third-order valence-corrected chi connectivity index (χ3v) is 9.43. The number of carbonyl (C=O) groups excluding carboxylic acids is 1. The molecule has 2 rings (SSSR count). The Kier molecular flexibility index (Phi) is 5.13. The maximum atomic E-state index is 12.0. The van der Waals surface area contributed by atoms with Gasteiger partial charge in [-0.25, -0.2) is 0 Å². The molecule has 0 amide bonds. The third-order valence-electron chi connectivity index (χ3n) is 4.92. The van der Waals surface area contributed by atoms with Crippen molar-refractivity contribution >= 4 is 14.3 Å². The van der Waals surface area contributed by atoms with Crippen molar-refractivity contribution in [2.24, 2.45) is 5.92 Å². The van der Waals surface area contributed by atoms with Crippen molar-refractivity contribution < 1.29 is 14.0 Å². The topological polar surface area (TPSA) is 35.5 Å². The lowest BCUT2D eigenvalue weighted by atomic mass is 9.96. The molecule has 0 aliphatic carbocycles. The van der Waals surface area contributed by atoms with Crippen LogP contribution in [-0.4, -0.2) is 27.0 Å². The van der Waals surface area contributed by atoms with E-state index in [-0.39, 0.29) is 23.0 Å². The fraction of sp³-hybridized carbons (Fsp3) is 0.611. The van der Waals surface area contributed by atoms with Gasteiger partial charge in [-0.05, 0) is 30.1 Å². The summed E-state index contributed by atoms with van der Waals surface area (Å²) in [5.74, 6) is -0.108. The molecule has 1 aromatic carbocycles. The number of esters is 1. The van der Waals surface area contributed by atoms with Gasteiger partial charge in [0.05, 0.1) is 12.5 Å². The molecule has 0 unspecified atom stereocenters. The number of benzene rings is 1. The van der Waals surface area contributed by atoms with Crippen LogP contribution in [0.15, 0.2) is 30.3 Å². The Morgan fingerprint density at radius 3 is 2.45 bits per heavy atom. The average molecular weight is 321 g/mol. The Morgan fingerprint density at radius 2 is 1.86 bits per heavy atom. The highest BCUT2D eigenvalue weighted by atomic mass is 28.4. The van der Waals surface area contributed by atoms with E-state index in [1.807, 2.05) is 18.2 Å². The molecule has 22 heavy (non-hydrogen) atoms. The fourth-order valence-electron chi connectivity index (χ4n) is 2.41. The Hall–Kier alpha value is -1.13. The average Bonchev–Trinajstić information content (AvgIpc) is 2.77. The minimum atomic E-state index is -1.78. The number of cyclic esters (lactones) is 1. The standard InChI is InChI=1S/C18H28O3Si/c1-18(2,3)22(4,5)20-13-16-12-15(17(19)21-16)11-14-9-7-6-8-10-14/h6-10,15-16H,11-13H2,1-5H3/t15-,16+/m1/s1.